The van der Waals surface area contributed by atoms with Crippen LogP contribution in [0.5, 0.6) is 0 Å². The molecule has 1 aliphatic carbocycles. The Labute approximate surface area is 188 Å². The number of rotatable bonds is 5. The topological polar surface area (TPSA) is 92.9 Å². The van der Waals surface area contributed by atoms with Crippen LogP contribution in [0.4, 0.5) is 8.78 Å². The molecule has 0 unspecified atom stereocenters. The summed E-state index contributed by atoms with van der Waals surface area (Å²) in [6, 6.07) is 8.89. The second-order valence-corrected chi connectivity index (χ2v) is 8.45. The first kappa shape index (κ1) is 21.3. The summed E-state index contributed by atoms with van der Waals surface area (Å²) in [6.45, 7) is 1.04. The van der Waals surface area contributed by atoms with Gasteiger partial charge < -0.3 is 5.32 Å². The van der Waals surface area contributed by atoms with Gasteiger partial charge in [-0.05, 0) is 44.2 Å². The van der Waals surface area contributed by atoms with E-state index in [1.807, 2.05) is 19.2 Å². The molecule has 0 spiro atoms. The number of halogens is 2. The molecular formula is C23H23F2N7O. The number of hydrogen-bond acceptors (Lipinski definition) is 5. The van der Waals surface area contributed by atoms with E-state index >= 15 is 0 Å². The van der Waals surface area contributed by atoms with Crippen molar-refractivity contribution in [1.29, 1.82) is 5.26 Å². The van der Waals surface area contributed by atoms with Crippen LogP contribution in [0.25, 0.3) is 27.9 Å². The monoisotopic (exact) mass is 451 g/mol. The van der Waals surface area contributed by atoms with E-state index in [-0.39, 0.29) is 37.4 Å². The highest BCUT2D eigenvalue weighted by molar-refractivity contribution is 5.83. The number of hydrogen-bond donors (Lipinski definition) is 1. The van der Waals surface area contributed by atoms with E-state index in [0.717, 1.165) is 11.1 Å². The van der Waals surface area contributed by atoms with Crippen LogP contribution in [-0.2, 0) is 6.54 Å². The van der Waals surface area contributed by atoms with Gasteiger partial charge in [-0.2, -0.15) is 10.4 Å². The zero-order valence-corrected chi connectivity index (χ0v) is 18.1. The molecule has 0 aromatic carbocycles. The van der Waals surface area contributed by atoms with Gasteiger partial charge in [-0.15, -0.1) is 0 Å². The Morgan fingerprint density at radius 3 is 2.76 bits per heavy atom. The van der Waals surface area contributed by atoms with Crippen molar-refractivity contribution in [1.82, 2.24) is 29.0 Å². The highest BCUT2D eigenvalue weighted by Crippen LogP contribution is 2.39. The minimum atomic E-state index is -2.68. The molecule has 0 amide bonds. The predicted molar refractivity (Wildman–Crippen MR) is 119 cm³/mol. The van der Waals surface area contributed by atoms with Crippen molar-refractivity contribution < 1.29 is 8.78 Å². The third-order valence-corrected chi connectivity index (χ3v) is 6.37. The molecule has 10 heteroatoms. The highest BCUT2D eigenvalue weighted by atomic mass is 19.3. The van der Waals surface area contributed by atoms with Crippen molar-refractivity contribution in [3.63, 3.8) is 0 Å². The lowest BCUT2D eigenvalue weighted by atomic mass is 9.92. The van der Waals surface area contributed by atoms with Gasteiger partial charge in [0.2, 0.25) is 5.92 Å². The molecule has 1 aliphatic rings. The molecule has 1 fully saturated rings. The summed E-state index contributed by atoms with van der Waals surface area (Å²) < 4.78 is 32.5. The lowest BCUT2D eigenvalue weighted by molar-refractivity contribution is -0.0439. The smallest absolute Gasteiger partial charge is 0.318 e. The summed E-state index contributed by atoms with van der Waals surface area (Å²) in [4.78, 5) is 18.2. The van der Waals surface area contributed by atoms with Gasteiger partial charge in [-0.3, -0.25) is 9.13 Å². The Kier molecular flexibility index (Phi) is 5.21. The highest BCUT2D eigenvalue weighted by Gasteiger charge is 2.37. The van der Waals surface area contributed by atoms with E-state index < -0.39 is 5.92 Å². The van der Waals surface area contributed by atoms with Crippen molar-refractivity contribution in [2.24, 2.45) is 0 Å². The quantitative estimate of drug-likeness (QED) is 0.502. The van der Waals surface area contributed by atoms with Crippen molar-refractivity contribution in [2.45, 2.75) is 44.2 Å². The Morgan fingerprint density at radius 1 is 1.24 bits per heavy atom. The zero-order chi connectivity index (χ0) is 23.2. The first-order chi connectivity index (χ1) is 15.9. The van der Waals surface area contributed by atoms with Gasteiger partial charge >= 0.3 is 5.69 Å². The maximum atomic E-state index is 13.8. The molecule has 33 heavy (non-hydrogen) atoms. The predicted octanol–water partition coefficient (Wildman–Crippen LogP) is 3.35. The molecule has 4 aromatic rings. The van der Waals surface area contributed by atoms with Crippen molar-refractivity contribution in [2.75, 3.05) is 13.6 Å². The van der Waals surface area contributed by atoms with E-state index in [4.69, 9.17) is 4.98 Å². The third kappa shape index (κ3) is 3.68. The molecule has 0 aliphatic heterocycles. The van der Waals surface area contributed by atoms with E-state index in [2.05, 4.69) is 16.5 Å². The Morgan fingerprint density at radius 2 is 2.03 bits per heavy atom. The minimum absolute atomic E-state index is 0.228. The van der Waals surface area contributed by atoms with Crippen molar-refractivity contribution in [3.8, 4) is 17.3 Å². The normalized spacial score (nSPS) is 16.4. The number of nitrogens with one attached hydrogen (secondary N) is 1. The lowest BCUT2D eigenvalue weighted by Gasteiger charge is -2.28. The average Bonchev–Trinajstić information content (AvgIpc) is 3.35. The van der Waals surface area contributed by atoms with Crippen LogP contribution in [0.2, 0.25) is 0 Å². The fourth-order valence-electron chi connectivity index (χ4n) is 4.60. The first-order valence-corrected chi connectivity index (χ1v) is 10.9. The van der Waals surface area contributed by atoms with Crippen LogP contribution >= 0.6 is 0 Å². The Hall–Kier alpha value is -3.58. The molecule has 1 saturated carbocycles. The maximum absolute atomic E-state index is 13.8. The van der Waals surface area contributed by atoms with E-state index in [1.165, 1.54) is 0 Å². The second-order valence-electron chi connectivity index (χ2n) is 8.45. The largest absolute Gasteiger partial charge is 0.330 e. The SMILES string of the molecule is CNCCn1c(=O)n(C2CCC(F)(F)CC2)c2nc(-c3cnn4ccc(C#N)cc34)ccc21. The van der Waals surface area contributed by atoms with Crippen LogP contribution in [0.15, 0.2) is 41.5 Å². The summed E-state index contributed by atoms with van der Waals surface area (Å²) >= 11 is 0. The van der Waals surface area contributed by atoms with Gasteiger partial charge in [-0.25, -0.2) is 23.1 Å². The fourth-order valence-corrected chi connectivity index (χ4v) is 4.60. The average molecular weight is 451 g/mol. The van der Waals surface area contributed by atoms with Crippen LogP contribution < -0.4 is 11.0 Å². The fraction of sp³-hybridized carbons (Fsp3) is 0.391. The molecule has 4 heterocycles. The number of likely N-dealkylation sites (N-methyl/N-ethyl adjacent to an activating group) is 1. The van der Waals surface area contributed by atoms with E-state index in [0.29, 0.717) is 35.5 Å². The number of nitrogens with zero attached hydrogens (tertiary/aromatic N) is 6. The van der Waals surface area contributed by atoms with Crippen LogP contribution in [0, 0.1) is 11.3 Å². The van der Waals surface area contributed by atoms with Crippen LogP contribution in [-0.4, -0.2) is 43.2 Å². The van der Waals surface area contributed by atoms with Gasteiger partial charge in [0.1, 0.15) is 0 Å². The molecule has 0 atom stereocenters. The number of imidazole rings is 1. The Bertz CT molecular complexity index is 1430. The molecule has 0 radical (unpaired) electrons. The number of nitriles is 1. The number of aromatic nitrogens is 5. The molecule has 4 aromatic heterocycles. The molecule has 5 rings (SSSR count). The van der Waals surface area contributed by atoms with Gasteiger partial charge in [0.15, 0.2) is 5.65 Å². The Balaban J connectivity index is 1.67. The second kappa shape index (κ2) is 8.08. The third-order valence-electron chi connectivity index (χ3n) is 6.37. The summed E-state index contributed by atoms with van der Waals surface area (Å²) in [5, 5.41) is 16.7. The molecule has 0 bridgehead atoms. The van der Waals surface area contributed by atoms with Gasteiger partial charge in [0, 0.05) is 43.7 Å². The summed E-state index contributed by atoms with van der Waals surface area (Å²) in [7, 11) is 1.81. The molecule has 8 nitrogen and oxygen atoms in total. The van der Waals surface area contributed by atoms with E-state index in [1.54, 1.807) is 38.2 Å². The van der Waals surface area contributed by atoms with Crippen LogP contribution in [0.1, 0.15) is 37.3 Å². The van der Waals surface area contributed by atoms with Gasteiger partial charge in [0.25, 0.3) is 0 Å². The molecule has 0 saturated heterocycles. The van der Waals surface area contributed by atoms with E-state index in [9.17, 15) is 18.8 Å². The van der Waals surface area contributed by atoms with Gasteiger partial charge in [-0.1, -0.05) is 0 Å². The number of pyridine rings is 2. The summed E-state index contributed by atoms with van der Waals surface area (Å²) in [5.74, 6) is -2.68. The van der Waals surface area contributed by atoms with Gasteiger partial charge in [0.05, 0.1) is 34.6 Å². The number of alkyl halides is 2. The lowest BCUT2D eigenvalue weighted by Crippen LogP contribution is -2.33. The van der Waals surface area contributed by atoms with Crippen molar-refractivity contribution in [3.05, 3.63) is 52.7 Å². The van der Waals surface area contributed by atoms with Crippen LogP contribution in [0.3, 0.4) is 0 Å². The molecule has 170 valence electrons. The standard InChI is InChI=1S/C23H23F2N7O/c1-27-9-11-30-19-3-2-18(17-14-28-31-10-6-15(13-26)12-20(17)31)29-21(19)32(22(30)33)16-4-7-23(24,25)8-5-16/h2-3,6,10,12,14,16,27H,4-5,7-9,11H2,1H3. The molecule has 1 N–H and O–H groups in total. The minimum Gasteiger partial charge on any atom is -0.318 e. The zero-order valence-electron chi connectivity index (χ0n) is 18.1. The summed E-state index contributed by atoms with van der Waals surface area (Å²) in [5.41, 5.74) is 3.49. The maximum Gasteiger partial charge on any atom is 0.330 e. The number of fused-ring (bicyclic) bond motifs is 2. The summed E-state index contributed by atoms with van der Waals surface area (Å²) in [6.07, 6.45) is 3.36. The molecular weight excluding hydrogens is 428 g/mol. The van der Waals surface area contributed by atoms with Crippen molar-refractivity contribution >= 4 is 16.7 Å². The first-order valence-electron chi connectivity index (χ1n) is 10.9.